The summed E-state index contributed by atoms with van der Waals surface area (Å²) in [4.78, 5) is 20.0. The lowest BCUT2D eigenvalue weighted by molar-refractivity contribution is -0.158. The molecule has 6 nitrogen and oxygen atoms in total. The molecule has 218 valence electrons. The standard InChI is InChI=1S/C32H36F3N3O3/c1-5-16-38-17-15-30-27-21-10-11-24(39)28(27)41-29(30)23(13-14-31(30,36(2)3)25(38)19-21)37(4)26(40)12-9-20-7-6-8-22(18-20)32(33,34)35/h5-12,18,23,25,29,39H,1,13-17,19H2,2-4H3/b12-9+/t23?,25-,29?,30+,31-/m1/s1. The van der Waals surface area contributed by atoms with Gasteiger partial charge >= 0.3 is 6.18 Å². The molecule has 2 heterocycles. The average molecular weight is 568 g/mol. The van der Waals surface area contributed by atoms with Crippen LogP contribution in [0.25, 0.3) is 6.08 Å². The molecule has 0 radical (unpaired) electrons. The van der Waals surface area contributed by atoms with Crippen LogP contribution in [-0.2, 0) is 22.8 Å². The molecule has 4 aliphatic rings. The van der Waals surface area contributed by atoms with Gasteiger partial charge in [-0.05, 0) is 81.7 Å². The number of benzene rings is 2. The molecule has 2 aliphatic heterocycles. The molecule has 5 atom stereocenters. The first-order valence-corrected chi connectivity index (χ1v) is 14.1. The zero-order chi connectivity index (χ0) is 29.3. The number of amides is 1. The van der Waals surface area contributed by atoms with Crippen molar-refractivity contribution in [2.24, 2.45) is 0 Å². The number of rotatable bonds is 6. The van der Waals surface area contributed by atoms with Crippen molar-refractivity contribution in [2.45, 2.75) is 61.0 Å². The summed E-state index contributed by atoms with van der Waals surface area (Å²) in [7, 11) is 5.99. The van der Waals surface area contributed by atoms with Gasteiger partial charge in [0.2, 0.25) is 5.91 Å². The molecule has 1 saturated heterocycles. The van der Waals surface area contributed by atoms with Gasteiger partial charge in [-0.15, -0.1) is 6.58 Å². The second-order valence-corrected chi connectivity index (χ2v) is 12.0. The molecule has 2 unspecified atom stereocenters. The number of phenolic OH excluding ortho intramolecular Hbond substituents is 1. The summed E-state index contributed by atoms with van der Waals surface area (Å²) in [5.41, 5.74) is 1.09. The van der Waals surface area contributed by atoms with E-state index in [1.807, 2.05) is 12.1 Å². The highest BCUT2D eigenvalue weighted by Crippen LogP contribution is 2.67. The molecule has 1 saturated carbocycles. The number of halogens is 3. The number of ether oxygens (including phenoxy) is 1. The number of phenols is 1. The Kier molecular flexibility index (Phi) is 6.54. The molecule has 2 aromatic carbocycles. The van der Waals surface area contributed by atoms with Gasteiger partial charge in [0.1, 0.15) is 6.10 Å². The first-order chi connectivity index (χ1) is 19.5. The maximum absolute atomic E-state index is 13.5. The summed E-state index contributed by atoms with van der Waals surface area (Å²) in [5.74, 6) is 0.340. The van der Waals surface area contributed by atoms with Crippen LogP contribution >= 0.6 is 0 Å². The molecule has 1 spiro atoms. The number of likely N-dealkylation sites (tertiary alicyclic amines) is 1. The van der Waals surface area contributed by atoms with Crippen LogP contribution in [-0.4, -0.2) is 83.7 Å². The second-order valence-electron chi connectivity index (χ2n) is 12.0. The molecule has 2 fully saturated rings. The summed E-state index contributed by atoms with van der Waals surface area (Å²) in [6, 6.07) is 8.58. The third-order valence-electron chi connectivity index (χ3n) is 10.2. The number of piperidine rings is 1. The van der Waals surface area contributed by atoms with Gasteiger partial charge in [0, 0.05) is 36.8 Å². The Labute approximate surface area is 238 Å². The number of alkyl halides is 3. The van der Waals surface area contributed by atoms with Gasteiger partial charge in [-0.25, -0.2) is 0 Å². The highest BCUT2D eigenvalue weighted by atomic mass is 19.4. The lowest BCUT2D eigenvalue weighted by atomic mass is 9.46. The van der Waals surface area contributed by atoms with Gasteiger partial charge < -0.3 is 19.6 Å². The SMILES string of the molecule is C=CCN1CC[C@]23c4c5ccc(O)c4OC2C(N(C)C(=O)/C=C/c2cccc(C(F)(F)F)c2)CC[C@@]3(N(C)C)[C@H]1C5. The minimum absolute atomic E-state index is 0.115. The van der Waals surface area contributed by atoms with Crippen LogP contribution < -0.4 is 4.74 Å². The van der Waals surface area contributed by atoms with Gasteiger partial charge in [0.15, 0.2) is 11.5 Å². The van der Waals surface area contributed by atoms with Crippen LogP contribution in [0.4, 0.5) is 13.2 Å². The highest BCUT2D eigenvalue weighted by molar-refractivity contribution is 5.92. The fourth-order valence-corrected chi connectivity index (χ4v) is 8.57. The van der Waals surface area contributed by atoms with Crippen molar-refractivity contribution in [3.05, 3.63) is 77.4 Å². The van der Waals surface area contributed by atoms with Crippen LogP contribution in [0.15, 0.2) is 55.1 Å². The number of carbonyl (C=O) groups is 1. The molecular formula is C32H36F3N3O3. The zero-order valence-electron chi connectivity index (χ0n) is 23.6. The first-order valence-electron chi connectivity index (χ1n) is 14.1. The summed E-state index contributed by atoms with van der Waals surface area (Å²) in [6.45, 7) is 5.63. The third-order valence-corrected chi connectivity index (χ3v) is 10.2. The van der Waals surface area contributed by atoms with Crippen LogP contribution in [0.3, 0.4) is 0 Å². The number of aromatic hydroxyl groups is 1. The lowest BCUT2D eigenvalue weighted by Gasteiger charge is -2.69. The molecule has 2 aromatic rings. The highest BCUT2D eigenvalue weighted by Gasteiger charge is 2.74. The summed E-state index contributed by atoms with van der Waals surface area (Å²) in [5, 5.41) is 11.0. The van der Waals surface area contributed by atoms with E-state index in [0.717, 1.165) is 50.0 Å². The van der Waals surface area contributed by atoms with Crippen molar-refractivity contribution < 1.29 is 27.8 Å². The monoisotopic (exact) mass is 567 g/mol. The molecule has 1 amide bonds. The maximum atomic E-state index is 13.5. The maximum Gasteiger partial charge on any atom is 0.416 e. The smallest absolute Gasteiger partial charge is 0.416 e. The predicted octanol–water partition coefficient (Wildman–Crippen LogP) is 4.86. The van der Waals surface area contributed by atoms with Gasteiger partial charge in [-0.2, -0.15) is 13.2 Å². The first kappa shape index (κ1) is 27.8. The van der Waals surface area contributed by atoms with Crippen LogP contribution in [0.2, 0.25) is 0 Å². The lowest BCUT2D eigenvalue weighted by Crippen LogP contribution is -2.82. The summed E-state index contributed by atoms with van der Waals surface area (Å²) >= 11 is 0. The Morgan fingerprint density at radius 1 is 1.22 bits per heavy atom. The van der Waals surface area contributed by atoms with Crippen molar-refractivity contribution in [3.63, 3.8) is 0 Å². The normalized spacial score (nSPS) is 30.3. The van der Waals surface area contributed by atoms with Gasteiger partial charge in [0.25, 0.3) is 0 Å². The predicted molar refractivity (Wildman–Crippen MR) is 151 cm³/mol. The number of likely N-dealkylation sites (N-methyl/N-ethyl adjacent to an activating group) is 2. The minimum Gasteiger partial charge on any atom is -0.504 e. The second kappa shape index (κ2) is 9.63. The largest absolute Gasteiger partial charge is 0.504 e. The molecule has 0 aromatic heterocycles. The molecular weight excluding hydrogens is 531 g/mol. The van der Waals surface area contributed by atoms with Crippen molar-refractivity contribution in [1.29, 1.82) is 0 Å². The van der Waals surface area contributed by atoms with Crippen molar-refractivity contribution in [3.8, 4) is 11.5 Å². The Hall–Kier alpha value is -3.30. The molecule has 6 rings (SSSR count). The van der Waals surface area contributed by atoms with E-state index < -0.39 is 17.2 Å². The van der Waals surface area contributed by atoms with Crippen LogP contribution in [0.5, 0.6) is 11.5 Å². The molecule has 9 heteroatoms. The fourth-order valence-electron chi connectivity index (χ4n) is 8.57. The van der Waals surface area contributed by atoms with E-state index >= 15 is 0 Å². The van der Waals surface area contributed by atoms with E-state index in [-0.39, 0.29) is 35.4 Å². The topological polar surface area (TPSA) is 56.3 Å². The quantitative estimate of drug-likeness (QED) is 0.399. The van der Waals surface area contributed by atoms with E-state index in [1.54, 1.807) is 24.1 Å². The molecule has 2 aliphatic carbocycles. The minimum atomic E-state index is -4.46. The van der Waals surface area contributed by atoms with Gasteiger partial charge in [-0.1, -0.05) is 24.3 Å². The summed E-state index contributed by atoms with van der Waals surface area (Å²) < 4.78 is 46.3. The van der Waals surface area contributed by atoms with E-state index in [2.05, 4.69) is 30.5 Å². The number of hydrogen-bond acceptors (Lipinski definition) is 5. The van der Waals surface area contributed by atoms with Crippen molar-refractivity contribution in [2.75, 3.05) is 34.2 Å². The Morgan fingerprint density at radius 3 is 2.71 bits per heavy atom. The molecule has 41 heavy (non-hydrogen) atoms. The third kappa shape index (κ3) is 3.88. The van der Waals surface area contributed by atoms with Gasteiger partial charge in [0.05, 0.1) is 17.0 Å². The van der Waals surface area contributed by atoms with E-state index in [0.29, 0.717) is 17.7 Å². The van der Waals surface area contributed by atoms with E-state index in [1.165, 1.54) is 23.8 Å². The van der Waals surface area contributed by atoms with Crippen LogP contribution in [0.1, 0.15) is 41.5 Å². The number of carbonyl (C=O) groups excluding carboxylic acids is 1. The molecule has 2 bridgehead atoms. The Morgan fingerprint density at radius 2 is 2.00 bits per heavy atom. The number of nitrogens with zero attached hydrogens (tertiary/aromatic N) is 3. The zero-order valence-corrected chi connectivity index (χ0v) is 23.6. The van der Waals surface area contributed by atoms with Crippen molar-refractivity contribution >= 4 is 12.0 Å². The fraction of sp³-hybridized carbons (Fsp3) is 0.469. The van der Waals surface area contributed by atoms with E-state index in [9.17, 15) is 23.1 Å². The van der Waals surface area contributed by atoms with E-state index in [4.69, 9.17) is 4.74 Å². The molecule has 1 N–H and O–H groups in total. The van der Waals surface area contributed by atoms with Crippen molar-refractivity contribution in [1.82, 2.24) is 14.7 Å². The Bertz CT molecular complexity index is 1420. The van der Waals surface area contributed by atoms with Gasteiger partial charge in [-0.3, -0.25) is 9.69 Å². The number of hydrogen-bond donors (Lipinski definition) is 1. The summed E-state index contributed by atoms with van der Waals surface area (Å²) in [6.07, 6.45) is 3.04. The van der Waals surface area contributed by atoms with Crippen LogP contribution in [0, 0.1) is 0 Å². The average Bonchev–Trinajstić information content (AvgIpc) is 3.29. The Balaban J connectivity index is 1.38.